The van der Waals surface area contributed by atoms with Gasteiger partial charge in [0.25, 0.3) is 0 Å². The van der Waals surface area contributed by atoms with Gasteiger partial charge in [0.15, 0.2) is 0 Å². The van der Waals surface area contributed by atoms with E-state index in [9.17, 15) is 0 Å². The van der Waals surface area contributed by atoms with Crippen molar-refractivity contribution >= 4 is 51.5 Å². The van der Waals surface area contributed by atoms with Crippen LogP contribution in [-0.2, 0) is 0 Å². The van der Waals surface area contributed by atoms with Gasteiger partial charge >= 0.3 is 0 Å². The summed E-state index contributed by atoms with van der Waals surface area (Å²) >= 11 is 0. The Balaban J connectivity index is 1.55. The van der Waals surface area contributed by atoms with E-state index in [0.29, 0.717) is 8.58 Å². The van der Waals surface area contributed by atoms with Crippen molar-refractivity contribution in [3.63, 3.8) is 0 Å². The zero-order valence-electron chi connectivity index (χ0n) is 17.2. The smallest absolute Gasteiger partial charge is 0.118 e. The number of hydrogen-bond donors (Lipinski definition) is 0. The summed E-state index contributed by atoms with van der Waals surface area (Å²) in [5.74, 6) is 0.897. The summed E-state index contributed by atoms with van der Waals surface area (Å²) in [4.78, 5) is 0. The molecular weight excluding hydrogens is 395 g/mol. The predicted octanol–water partition coefficient (Wildman–Crippen LogP) is 6.89. The second-order valence-electron chi connectivity index (χ2n) is 7.87. The minimum absolute atomic E-state index is 0.591. The second kappa shape index (κ2) is 7.38. The van der Waals surface area contributed by atoms with Crippen molar-refractivity contribution in [2.24, 2.45) is 0 Å². The SMILES string of the molecule is COc1ccc(Pc2ccccc2-c2ccc3ccc4cccc5ccc2c3c45)cc1. The molecule has 0 bridgehead atoms. The van der Waals surface area contributed by atoms with Crippen LogP contribution in [0.1, 0.15) is 0 Å². The van der Waals surface area contributed by atoms with Crippen molar-refractivity contribution in [3.8, 4) is 16.9 Å². The topological polar surface area (TPSA) is 9.23 Å². The lowest BCUT2D eigenvalue weighted by atomic mass is 9.90. The molecule has 0 saturated heterocycles. The van der Waals surface area contributed by atoms with Crippen LogP contribution >= 0.6 is 8.58 Å². The highest BCUT2D eigenvalue weighted by Crippen LogP contribution is 2.39. The van der Waals surface area contributed by atoms with Crippen molar-refractivity contribution < 1.29 is 4.74 Å². The molecule has 0 aliphatic heterocycles. The first-order valence-electron chi connectivity index (χ1n) is 10.5. The number of rotatable bonds is 4. The van der Waals surface area contributed by atoms with Crippen LogP contribution in [0, 0.1) is 0 Å². The number of benzene rings is 6. The molecule has 2 heteroatoms. The lowest BCUT2D eigenvalue weighted by Gasteiger charge is -2.16. The van der Waals surface area contributed by atoms with Crippen LogP contribution in [-0.4, -0.2) is 7.11 Å². The van der Waals surface area contributed by atoms with E-state index in [2.05, 4.69) is 91.0 Å². The lowest BCUT2D eigenvalue weighted by Crippen LogP contribution is -2.06. The molecular formula is C29H21OP. The third kappa shape index (κ3) is 3.05. The van der Waals surface area contributed by atoms with Crippen LogP contribution in [0.15, 0.2) is 103 Å². The molecule has 0 heterocycles. The summed E-state index contributed by atoms with van der Waals surface area (Å²) in [6.07, 6.45) is 0. The number of methoxy groups -OCH3 is 1. The average Bonchev–Trinajstić information content (AvgIpc) is 2.83. The van der Waals surface area contributed by atoms with Gasteiger partial charge in [-0.25, -0.2) is 0 Å². The molecule has 0 aliphatic carbocycles. The Morgan fingerprint density at radius 2 is 1.23 bits per heavy atom. The van der Waals surface area contributed by atoms with E-state index in [4.69, 9.17) is 4.74 Å². The molecule has 1 nitrogen and oxygen atoms in total. The van der Waals surface area contributed by atoms with Crippen LogP contribution in [0.3, 0.4) is 0 Å². The molecule has 0 N–H and O–H groups in total. The molecule has 6 aromatic carbocycles. The first-order chi connectivity index (χ1) is 15.3. The number of ether oxygens (including phenoxy) is 1. The highest BCUT2D eigenvalue weighted by molar-refractivity contribution is 7.55. The minimum atomic E-state index is 0.591. The molecule has 0 radical (unpaired) electrons. The summed E-state index contributed by atoms with van der Waals surface area (Å²) in [5, 5.41) is 10.7. The zero-order valence-corrected chi connectivity index (χ0v) is 18.2. The summed E-state index contributed by atoms with van der Waals surface area (Å²) in [5.41, 5.74) is 2.62. The Bertz CT molecular complexity index is 1520. The van der Waals surface area contributed by atoms with Crippen molar-refractivity contribution in [3.05, 3.63) is 103 Å². The third-order valence-corrected chi connectivity index (χ3v) is 7.44. The van der Waals surface area contributed by atoms with Gasteiger partial charge in [-0.05, 0) is 66.2 Å². The molecule has 1 atom stereocenters. The fraction of sp³-hybridized carbons (Fsp3) is 0.0345. The molecule has 31 heavy (non-hydrogen) atoms. The van der Waals surface area contributed by atoms with E-state index < -0.39 is 0 Å². The monoisotopic (exact) mass is 416 g/mol. The van der Waals surface area contributed by atoms with Crippen molar-refractivity contribution in [2.45, 2.75) is 0 Å². The molecule has 148 valence electrons. The Hall–Kier alpha value is -3.41. The summed E-state index contributed by atoms with van der Waals surface area (Å²) in [6, 6.07) is 37.4. The van der Waals surface area contributed by atoms with E-state index in [-0.39, 0.29) is 0 Å². The zero-order chi connectivity index (χ0) is 20.8. The summed E-state index contributed by atoms with van der Waals surface area (Å²) in [7, 11) is 2.30. The molecule has 0 aromatic heterocycles. The Labute approximate surface area is 183 Å². The van der Waals surface area contributed by atoms with Crippen molar-refractivity contribution in [1.29, 1.82) is 0 Å². The largest absolute Gasteiger partial charge is 0.497 e. The molecule has 0 amide bonds. The predicted molar refractivity (Wildman–Crippen MR) is 136 cm³/mol. The minimum Gasteiger partial charge on any atom is -0.497 e. The van der Waals surface area contributed by atoms with E-state index in [1.54, 1.807) is 7.11 Å². The maximum absolute atomic E-state index is 5.32. The maximum Gasteiger partial charge on any atom is 0.118 e. The summed E-state index contributed by atoms with van der Waals surface area (Å²) < 4.78 is 5.32. The third-order valence-electron chi connectivity index (χ3n) is 6.11. The van der Waals surface area contributed by atoms with Crippen molar-refractivity contribution in [2.75, 3.05) is 7.11 Å². The van der Waals surface area contributed by atoms with E-state index in [0.717, 1.165) is 5.75 Å². The molecule has 0 fully saturated rings. The fourth-order valence-electron chi connectivity index (χ4n) is 4.63. The van der Waals surface area contributed by atoms with E-state index in [1.165, 1.54) is 54.1 Å². The lowest BCUT2D eigenvalue weighted by molar-refractivity contribution is 0.415. The van der Waals surface area contributed by atoms with Crippen LogP contribution in [0.2, 0.25) is 0 Å². The van der Waals surface area contributed by atoms with Gasteiger partial charge in [0, 0.05) is 0 Å². The maximum atomic E-state index is 5.32. The standard InChI is InChI=1S/C29H21OP/c1-30-22-13-15-23(16-14-22)31-27-8-3-2-7-25(27)24-17-11-21-10-9-19-5-4-6-20-12-18-26(24)29(21)28(19)20/h2-18,31H,1H3. The average molecular weight is 416 g/mol. The fourth-order valence-corrected chi connectivity index (χ4v) is 5.80. The molecule has 6 rings (SSSR count). The van der Waals surface area contributed by atoms with Crippen LogP contribution in [0.4, 0.5) is 0 Å². The quantitative estimate of drug-likeness (QED) is 0.225. The van der Waals surface area contributed by atoms with Gasteiger partial charge in [-0.3, -0.25) is 0 Å². The highest BCUT2D eigenvalue weighted by Gasteiger charge is 2.14. The molecule has 0 saturated carbocycles. The first-order valence-corrected chi connectivity index (χ1v) is 11.5. The van der Waals surface area contributed by atoms with Gasteiger partial charge in [0.05, 0.1) is 7.11 Å². The van der Waals surface area contributed by atoms with Gasteiger partial charge in [0.1, 0.15) is 5.75 Å². The van der Waals surface area contributed by atoms with Crippen LogP contribution < -0.4 is 15.3 Å². The second-order valence-corrected chi connectivity index (χ2v) is 9.23. The van der Waals surface area contributed by atoms with E-state index in [1.807, 2.05) is 12.1 Å². The van der Waals surface area contributed by atoms with Gasteiger partial charge < -0.3 is 4.74 Å². The Kier molecular flexibility index (Phi) is 4.37. The molecule has 0 aliphatic rings. The van der Waals surface area contributed by atoms with Crippen LogP contribution in [0.25, 0.3) is 43.4 Å². The van der Waals surface area contributed by atoms with Gasteiger partial charge in [-0.2, -0.15) is 0 Å². The normalized spacial score (nSPS) is 11.9. The van der Waals surface area contributed by atoms with E-state index >= 15 is 0 Å². The molecule has 1 unspecified atom stereocenters. The highest BCUT2D eigenvalue weighted by atomic mass is 31.1. The van der Waals surface area contributed by atoms with Gasteiger partial charge in [-0.1, -0.05) is 99.6 Å². The molecule has 6 aromatic rings. The first kappa shape index (κ1) is 18.4. The summed E-state index contributed by atoms with van der Waals surface area (Å²) in [6.45, 7) is 0. The molecule has 0 spiro atoms. The Morgan fingerprint density at radius 3 is 2.00 bits per heavy atom. The van der Waals surface area contributed by atoms with Gasteiger partial charge in [0.2, 0.25) is 0 Å². The Morgan fingerprint density at radius 1 is 0.548 bits per heavy atom. The van der Waals surface area contributed by atoms with Crippen molar-refractivity contribution in [1.82, 2.24) is 0 Å². The number of hydrogen-bond acceptors (Lipinski definition) is 1. The van der Waals surface area contributed by atoms with Gasteiger partial charge in [-0.15, -0.1) is 0 Å². The van der Waals surface area contributed by atoms with Crippen LogP contribution in [0.5, 0.6) is 5.75 Å².